The van der Waals surface area contributed by atoms with Gasteiger partial charge in [-0.25, -0.2) is 28.9 Å². The Balaban J connectivity index is 0.000000208. The molecule has 374 valence electrons. The van der Waals surface area contributed by atoms with Gasteiger partial charge in [0.1, 0.15) is 45.3 Å². The van der Waals surface area contributed by atoms with Crippen LogP contribution in [-0.4, -0.2) is 112 Å². The van der Waals surface area contributed by atoms with Gasteiger partial charge in [-0.15, -0.1) is 0 Å². The van der Waals surface area contributed by atoms with E-state index >= 15 is 0 Å². The molecule has 2 saturated heterocycles. The van der Waals surface area contributed by atoms with Crippen LogP contribution in [0.3, 0.4) is 0 Å². The summed E-state index contributed by atoms with van der Waals surface area (Å²) in [6, 6.07) is 33.0. The van der Waals surface area contributed by atoms with Crippen LogP contribution in [0.5, 0.6) is 34.5 Å². The molecule has 0 atom stereocenters. The zero-order chi connectivity index (χ0) is 49.1. The quantitative estimate of drug-likeness (QED) is 0.0738. The van der Waals surface area contributed by atoms with Crippen LogP contribution in [-0.2, 0) is 27.3 Å². The van der Waals surface area contributed by atoms with Crippen LogP contribution in [0.15, 0.2) is 122 Å². The number of carboxylic acids is 1. The summed E-state index contributed by atoms with van der Waals surface area (Å²) >= 11 is 0. The number of carbonyl (C=O) groups excluding carboxylic acids is 1. The van der Waals surface area contributed by atoms with Gasteiger partial charge in [0.2, 0.25) is 0 Å². The zero-order valence-electron chi connectivity index (χ0n) is 41.0. The first-order valence-electron chi connectivity index (χ1n) is 23.3. The van der Waals surface area contributed by atoms with Gasteiger partial charge in [0.15, 0.2) is 22.9 Å². The Hall–Kier alpha value is -7.26. The molecule has 0 unspecified atom stereocenters. The maximum absolute atomic E-state index is 11.8. The molecule has 0 amide bonds. The number of anilines is 2. The van der Waals surface area contributed by atoms with Crippen LogP contribution in [0.1, 0.15) is 57.5 Å². The largest absolute Gasteiger partial charge is 1.00 e. The smallest absolute Gasteiger partial charge is 0.870 e. The van der Waals surface area contributed by atoms with Crippen LogP contribution in [0, 0.1) is 0 Å². The summed E-state index contributed by atoms with van der Waals surface area (Å²) in [5.41, 5.74) is 4.19. The molecule has 0 aliphatic carbocycles. The molecule has 4 N–H and O–H groups in total. The Morgan fingerprint density at radius 1 is 0.575 bits per heavy atom. The monoisotopic (exact) mass is 1000 g/mol. The summed E-state index contributed by atoms with van der Waals surface area (Å²) in [7, 11) is 4.65. The number of ether oxygens (including phenoxy) is 7. The SMILES string of the molecule is COC(=O)c1ccc(Oc2ccnc3c2c(NC2CCOCC2)nn3Cc2ccc(OC)cc2)cc1.COc1ccc(Cn2nc(NC3CCOCC3)c3c(Oc4ccc(C(=O)O)cc4)ccnc32)cc1.[Na+].[OH-]. The molecule has 0 bridgehead atoms. The molecule has 10 rings (SSSR count). The van der Waals surface area contributed by atoms with Crippen LogP contribution in [0.25, 0.3) is 22.1 Å². The Bertz CT molecular complexity index is 3070. The summed E-state index contributed by atoms with van der Waals surface area (Å²) in [5, 5.41) is 27.7. The van der Waals surface area contributed by atoms with Crippen molar-refractivity contribution < 1.29 is 82.9 Å². The fourth-order valence-corrected chi connectivity index (χ4v) is 8.31. The van der Waals surface area contributed by atoms with E-state index < -0.39 is 11.9 Å². The number of aromatic carboxylic acids is 1. The van der Waals surface area contributed by atoms with Crippen molar-refractivity contribution in [3.63, 3.8) is 0 Å². The number of carbonyl (C=O) groups is 2. The molecule has 6 heterocycles. The van der Waals surface area contributed by atoms with Gasteiger partial charge in [-0.3, -0.25) is 0 Å². The molecule has 0 saturated carbocycles. The third-order valence-corrected chi connectivity index (χ3v) is 12.1. The number of nitrogens with zero attached hydrogens (tertiary/aromatic N) is 6. The Labute approximate surface area is 443 Å². The average molecular weight is 1000 g/mol. The van der Waals surface area contributed by atoms with Crippen LogP contribution in [0.2, 0.25) is 0 Å². The maximum atomic E-state index is 11.8. The zero-order valence-corrected chi connectivity index (χ0v) is 43.0. The summed E-state index contributed by atoms with van der Waals surface area (Å²) in [6.45, 7) is 3.92. The topological polar surface area (TPSA) is 234 Å². The van der Waals surface area contributed by atoms with Gasteiger partial charge in [0, 0.05) is 63.0 Å². The van der Waals surface area contributed by atoms with E-state index in [1.54, 1.807) is 69.1 Å². The minimum absolute atomic E-state index is 0. The standard InChI is InChI=1S/C27H28N4O5.C26H26N4O5.Na.H2O/c1-33-21-7-3-18(4-8-21)17-31-26-24(25(30-31)29-20-12-15-35-16-13-20)23(11-14-28-26)36-22-9-5-19(6-10-22)27(32)34-2;1-33-20-6-2-17(3-7-20)16-30-25-23(24(29-30)28-19-11-14-34-15-12-19)22(10-13-27-25)35-21-8-4-18(5-9-21)26(31)32;;/h3-11,14,20H,12-13,15-17H2,1-2H3,(H,29,30);2-10,13,19H,11-12,14-16H2,1H3,(H,28,29)(H,31,32);;1H2/q;;+1;/p-1. The van der Waals surface area contributed by atoms with Crippen molar-refractivity contribution >= 4 is 45.6 Å². The predicted octanol–water partition coefficient (Wildman–Crippen LogP) is 6.05. The van der Waals surface area contributed by atoms with E-state index in [2.05, 4.69) is 20.6 Å². The van der Waals surface area contributed by atoms with Gasteiger partial charge < -0.3 is 54.4 Å². The number of fused-ring (bicyclic) bond motifs is 2. The number of carboxylic acid groups (broad SMARTS) is 1. The summed E-state index contributed by atoms with van der Waals surface area (Å²) in [5.74, 6) is 3.99. The molecule has 20 heteroatoms. The Kier molecular flexibility index (Phi) is 18.6. The molecule has 73 heavy (non-hydrogen) atoms. The second-order valence-corrected chi connectivity index (χ2v) is 16.8. The summed E-state index contributed by atoms with van der Waals surface area (Å²) in [6.07, 6.45) is 6.98. The Morgan fingerprint density at radius 3 is 1.33 bits per heavy atom. The maximum Gasteiger partial charge on any atom is 1.00 e. The molecule has 2 aliphatic rings. The van der Waals surface area contributed by atoms with E-state index in [0.29, 0.717) is 72.0 Å². The number of rotatable bonds is 16. The van der Waals surface area contributed by atoms with Crippen LogP contribution >= 0.6 is 0 Å². The first-order chi connectivity index (χ1) is 34.7. The summed E-state index contributed by atoms with van der Waals surface area (Å²) in [4.78, 5) is 32.2. The number of hydrogen-bond acceptors (Lipinski definition) is 16. The van der Waals surface area contributed by atoms with Gasteiger partial charge in [-0.1, -0.05) is 24.3 Å². The van der Waals surface area contributed by atoms with Gasteiger partial charge in [-0.2, -0.15) is 10.2 Å². The first-order valence-corrected chi connectivity index (χ1v) is 23.3. The third kappa shape index (κ3) is 13.2. The number of methoxy groups -OCH3 is 3. The van der Waals surface area contributed by atoms with Crippen molar-refractivity contribution in [3.05, 3.63) is 144 Å². The second-order valence-electron chi connectivity index (χ2n) is 16.8. The normalized spacial score (nSPS) is 13.6. The fraction of sp³-hybridized carbons (Fsp3) is 0.283. The number of aromatic nitrogens is 6. The van der Waals surface area contributed by atoms with Crippen molar-refractivity contribution in [2.45, 2.75) is 50.9 Å². The van der Waals surface area contributed by atoms with Crippen LogP contribution < -0.4 is 59.1 Å². The van der Waals surface area contributed by atoms with Crippen LogP contribution in [0.4, 0.5) is 11.6 Å². The van der Waals surface area contributed by atoms with Gasteiger partial charge in [-0.05, 0) is 110 Å². The van der Waals surface area contributed by atoms with Gasteiger partial charge >= 0.3 is 41.5 Å². The molecule has 4 aromatic heterocycles. The molecule has 4 aromatic carbocycles. The molecule has 2 aliphatic heterocycles. The van der Waals surface area contributed by atoms with E-state index in [0.717, 1.165) is 78.1 Å². The molecule has 0 radical (unpaired) electrons. The molecule has 8 aromatic rings. The van der Waals surface area contributed by atoms with Crippen molar-refractivity contribution in [2.24, 2.45) is 0 Å². The second kappa shape index (κ2) is 25.4. The molecular formula is C53H55N8NaO11. The van der Waals surface area contributed by atoms with E-state index in [1.165, 1.54) is 19.2 Å². The van der Waals surface area contributed by atoms with Crippen molar-refractivity contribution in [1.29, 1.82) is 0 Å². The molecule has 0 spiro atoms. The van der Waals surface area contributed by atoms with E-state index in [9.17, 15) is 9.59 Å². The van der Waals surface area contributed by atoms with Crippen molar-refractivity contribution in [1.82, 2.24) is 29.5 Å². The number of pyridine rings is 2. The number of nitrogens with one attached hydrogen (secondary N) is 2. The van der Waals surface area contributed by atoms with E-state index in [-0.39, 0.29) is 52.7 Å². The van der Waals surface area contributed by atoms with E-state index in [1.807, 2.05) is 64.0 Å². The number of benzene rings is 4. The van der Waals surface area contributed by atoms with Crippen molar-refractivity contribution in [3.8, 4) is 34.5 Å². The van der Waals surface area contributed by atoms with Gasteiger partial charge in [0.05, 0.1) is 45.5 Å². The van der Waals surface area contributed by atoms with Gasteiger partial charge in [0.25, 0.3) is 0 Å². The van der Waals surface area contributed by atoms with Crippen molar-refractivity contribution in [2.75, 3.05) is 58.4 Å². The Morgan fingerprint density at radius 2 is 0.959 bits per heavy atom. The fourth-order valence-electron chi connectivity index (χ4n) is 8.31. The third-order valence-electron chi connectivity index (χ3n) is 12.1. The minimum atomic E-state index is -0.981. The predicted molar refractivity (Wildman–Crippen MR) is 267 cm³/mol. The number of esters is 1. The molecular weight excluding hydrogens is 948 g/mol. The van der Waals surface area contributed by atoms with E-state index in [4.69, 9.17) is 48.5 Å². The molecule has 2 fully saturated rings. The first kappa shape index (κ1) is 53.5. The average Bonchev–Trinajstić information content (AvgIpc) is 3.94. The minimum Gasteiger partial charge on any atom is -0.870 e. The summed E-state index contributed by atoms with van der Waals surface area (Å²) < 4.78 is 42.5. The molecule has 19 nitrogen and oxygen atoms in total. The number of hydrogen-bond donors (Lipinski definition) is 3.